The summed E-state index contributed by atoms with van der Waals surface area (Å²) in [4.78, 5) is 4.36. The summed E-state index contributed by atoms with van der Waals surface area (Å²) in [7, 11) is 0. The molecule has 1 heterocycles. The van der Waals surface area contributed by atoms with Gasteiger partial charge in [-0.25, -0.2) is 4.98 Å². The summed E-state index contributed by atoms with van der Waals surface area (Å²) in [6, 6.07) is 0.591. The first-order valence-corrected chi connectivity index (χ1v) is 7.31. The lowest BCUT2D eigenvalue weighted by molar-refractivity contribution is 0.564. The third-order valence-corrected chi connectivity index (χ3v) is 3.83. The van der Waals surface area contributed by atoms with E-state index in [9.17, 15) is 0 Å². The molecule has 1 unspecified atom stereocenters. The Morgan fingerprint density at radius 3 is 2.73 bits per heavy atom. The van der Waals surface area contributed by atoms with Crippen molar-refractivity contribution in [2.75, 3.05) is 5.32 Å². The molecule has 1 atom stereocenters. The lowest BCUT2D eigenvalue weighted by Crippen LogP contribution is -2.18. The van der Waals surface area contributed by atoms with Crippen LogP contribution in [0.4, 0.5) is 5.13 Å². The van der Waals surface area contributed by atoms with Crippen molar-refractivity contribution in [3.8, 4) is 0 Å². The molecule has 0 aromatic carbocycles. The second-order valence-electron chi connectivity index (χ2n) is 3.75. The van der Waals surface area contributed by atoms with Crippen LogP contribution in [0.1, 0.15) is 46.0 Å². The first kappa shape index (κ1) is 13.0. The fourth-order valence-corrected chi connectivity index (χ4v) is 2.81. The molecule has 0 fully saturated rings. The number of hydrogen-bond donors (Lipinski definition) is 1. The van der Waals surface area contributed by atoms with Gasteiger partial charge in [-0.15, -0.1) is 11.3 Å². The Morgan fingerprint density at radius 1 is 1.40 bits per heavy atom. The third kappa shape index (κ3) is 4.98. The molecule has 1 aromatic rings. The molecule has 86 valence electrons. The smallest absolute Gasteiger partial charge is 0.183 e. The lowest BCUT2D eigenvalue weighted by atomic mass is 10.1. The fourth-order valence-electron chi connectivity index (χ4n) is 1.58. The summed E-state index contributed by atoms with van der Waals surface area (Å²) in [6.07, 6.45) is 6.28. The molecule has 1 rings (SSSR count). The van der Waals surface area contributed by atoms with Crippen molar-refractivity contribution >= 4 is 32.4 Å². The summed E-state index contributed by atoms with van der Waals surface area (Å²) >= 11 is 5.04. The van der Waals surface area contributed by atoms with Crippen LogP contribution in [0.2, 0.25) is 0 Å². The third-order valence-electron chi connectivity index (χ3n) is 2.35. The maximum absolute atomic E-state index is 4.36. The Balaban J connectivity index is 2.42. The largest absolute Gasteiger partial charge is 0.359 e. The highest BCUT2D eigenvalue weighted by Gasteiger charge is 2.08. The molecule has 0 saturated carbocycles. The van der Waals surface area contributed by atoms with Gasteiger partial charge in [0.15, 0.2) is 5.13 Å². The minimum atomic E-state index is 0.591. The van der Waals surface area contributed by atoms with Gasteiger partial charge >= 0.3 is 0 Å². The van der Waals surface area contributed by atoms with Crippen LogP contribution >= 0.6 is 27.3 Å². The van der Waals surface area contributed by atoms with Crippen molar-refractivity contribution in [1.82, 2.24) is 4.98 Å². The topological polar surface area (TPSA) is 24.9 Å². The predicted molar refractivity (Wildman–Crippen MR) is 71.7 cm³/mol. The second-order valence-corrected chi connectivity index (χ2v) is 5.42. The van der Waals surface area contributed by atoms with E-state index in [0.717, 1.165) is 9.73 Å². The minimum absolute atomic E-state index is 0.591. The van der Waals surface area contributed by atoms with E-state index in [0.29, 0.717) is 6.04 Å². The van der Waals surface area contributed by atoms with Gasteiger partial charge in [0.05, 0.1) is 0 Å². The Labute approximate surface area is 105 Å². The van der Waals surface area contributed by atoms with Crippen LogP contribution in [0.3, 0.4) is 0 Å². The molecule has 4 heteroatoms. The highest BCUT2D eigenvalue weighted by molar-refractivity contribution is 9.10. The zero-order chi connectivity index (χ0) is 11.1. The highest BCUT2D eigenvalue weighted by atomic mass is 79.9. The number of nitrogens with one attached hydrogen (secondary N) is 1. The summed E-state index contributed by atoms with van der Waals surface area (Å²) in [6.45, 7) is 4.47. The average molecular weight is 291 g/mol. The number of nitrogens with zero attached hydrogens (tertiary/aromatic N) is 1. The maximum Gasteiger partial charge on any atom is 0.183 e. The van der Waals surface area contributed by atoms with Crippen LogP contribution in [0.25, 0.3) is 0 Å². The molecule has 2 nitrogen and oxygen atoms in total. The van der Waals surface area contributed by atoms with E-state index in [1.807, 2.05) is 5.38 Å². The summed E-state index contributed by atoms with van der Waals surface area (Å²) < 4.78 is 0.931. The quantitative estimate of drug-likeness (QED) is 0.789. The van der Waals surface area contributed by atoms with Crippen molar-refractivity contribution in [1.29, 1.82) is 0 Å². The standard InChI is InChI=1S/C11H19BrN2S/c1-3-5-7-9(6-4-2)13-11-14-10(12)8-15-11/h8-9H,3-7H2,1-2H3,(H,13,14). The lowest BCUT2D eigenvalue weighted by Gasteiger charge is -2.16. The number of halogens is 1. The summed E-state index contributed by atoms with van der Waals surface area (Å²) in [5.41, 5.74) is 0. The molecule has 0 amide bonds. The van der Waals surface area contributed by atoms with E-state index in [1.54, 1.807) is 11.3 Å². The normalized spacial score (nSPS) is 12.7. The first-order valence-electron chi connectivity index (χ1n) is 5.63. The van der Waals surface area contributed by atoms with Gasteiger partial charge in [0, 0.05) is 11.4 Å². The van der Waals surface area contributed by atoms with Crippen LogP contribution in [-0.2, 0) is 0 Å². The Hall–Kier alpha value is -0.0900. The minimum Gasteiger partial charge on any atom is -0.359 e. The molecular formula is C11H19BrN2S. The maximum atomic E-state index is 4.36. The van der Waals surface area contributed by atoms with Gasteiger partial charge in [0.25, 0.3) is 0 Å². The van der Waals surface area contributed by atoms with Gasteiger partial charge in [-0.1, -0.05) is 33.1 Å². The Morgan fingerprint density at radius 2 is 2.20 bits per heavy atom. The van der Waals surface area contributed by atoms with E-state index < -0.39 is 0 Å². The van der Waals surface area contributed by atoms with Gasteiger partial charge in [-0.2, -0.15) is 0 Å². The van der Waals surface area contributed by atoms with Gasteiger partial charge < -0.3 is 5.32 Å². The first-order chi connectivity index (χ1) is 7.26. The summed E-state index contributed by atoms with van der Waals surface area (Å²) in [5.74, 6) is 0. The van der Waals surface area contributed by atoms with Crippen LogP contribution in [-0.4, -0.2) is 11.0 Å². The van der Waals surface area contributed by atoms with E-state index >= 15 is 0 Å². The van der Waals surface area contributed by atoms with Crippen molar-refractivity contribution in [2.45, 2.75) is 52.0 Å². The van der Waals surface area contributed by atoms with Crippen LogP contribution in [0.5, 0.6) is 0 Å². The molecule has 0 aliphatic carbocycles. The van der Waals surface area contributed by atoms with Crippen LogP contribution in [0.15, 0.2) is 9.98 Å². The predicted octanol–water partition coefficient (Wildman–Crippen LogP) is 4.68. The van der Waals surface area contributed by atoms with E-state index in [4.69, 9.17) is 0 Å². The molecule has 0 aliphatic rings. The molecule has 0 spiro atoms. The fraction of sp³-hybridized carbons (Fsp3) is 0.727. The molecule has 0 bridgehead atoms. The molecule has 15 heavy (non-hydrogen) atoms. The molecule has 1 aromatic heterocycles. The Bertz CT molecular complexity index is 275. The Kier molecular flexibility index (Phi) is 6.25. The molecule has 0 radical (unpaired) electrons. The average Bonchev–Trinajstić information content (AvgIpc) is 2.61. The van der Waals surface area contributed by atoms with E-state index in [-0.39, 0.29) is 0 Å². The SMILES string of the molecule is CCCCC(CCC)Nc1nc(Br)cs1. The van der Waals surface area contributed by atoms with Gasteiger partial charge in [0.2, 0.25) is 0 Å². The number of unbranched alkanes of at least 4 members (excludes halogenated alkanes) is 1. The van der Waals surface area contributed by atoms with Gasteiger partial charge in [0.1, 0.15) is 4.60 Å². The van der Waals surface area contributed by atoms with Gasteiger partial charge in [-0.05, 0) is 28.8 Å². The van der Waals surface area contributed by atoms with Crippen LogP contribution < -0.4 is 5.32 Å². The zero-order valence-corrected chi connectivity index (χ0v) is 11.8. The number of rotatable bonds is 7. The van der Waals surface area contributed by atoms with Crippen LogP contribution in [0, 0.1) is 0 Å². The highest BCUT2D eigenvalue weighted by Crippen LogP contribution is 2.22. The molecule has 0 aliphatic heterocycles. The number of aromatic nitrogens is 1. The van der Waals surface area contributed by atoms with E-state index in [2.05, 4.69) is 40.1 Å². The number of thiazole rings is 1. The van der Waals surface area contributed by atoms with Crippen molar-refractivity contribution in [3.05, 3.63) is 9.98 Å². The zero-order valence-electron chi connectivity index (χ0n) is 9.42. The van der Waals surface area contributed by atoms with Crippen molar-refractivity contribution in [2.24, 2.45) is 0 Å². The molecule has 0 saturated heterocycles. The monoisotopic (exact) mass is 290 g/mol. The number of hydrogen-bond acceptors (Lipinski definition) is 3. The number of anilines is 1. The summed E-state index contributed by atoms with van der Waals surface area (Å²) in [5, 5.41) is 6.57. The second kappa shape index (κ2) is 7.23. The molecular weight excluding hydrogens is 272 g/mol. The van der Waals surface area contributed by atoms with Crippen molar-refractivity contribution in [3.63, 3.8) is 0 Å². The van der Waals surface area contributed by atoms with Gasteiger partial charge in [-0.3, -0.25) is 0 Å². The van der Waals surface area contributed by atoms with E-state index in [1.165, 1.54) is 32.1 Å². The van der Waals surface area contributed by atoms with Crippen molar-refractivity contribution < 1.29 is 0 Å². The molecule has 1 N–H and O–H groups in total.